The van der Waals surface area contributed by atoms with E-state index in [9.17, 15) is 9.59 Å². The molecule has 3 aromatic carbocycles. The minimum absolute atomic E-state index is 0.110. The third-order valence-electron chi connectivity index (χ3n) is 6.26. The molecule has 4 rings (SSSR count). The molecule has 2 atom stereocenters. The molecule has 2 amide bonds. The van der Waals surface area contributed by atoms with Crippen molar-refractivity contribution in [3.63, 3.8) is 0 Å². The van der Waals surface area contributed by atoms with Crippen LogP contribution in [-0.2, 0) is 0 Å². The quantitative estimate of drug-likeness (QED) is 0.477. The molecular formula is C27H26Cl2N2O4. The van der Waals surface area contributed by atoms with Crippen LogP contribution in [0.25, 0.3) is 0 Å². The second kappa shape index (κ2) is 11.0. The lowest BCUT2D eigenvalue weighted by Gasteiger charge is -2.39. The number of ether oxygens (including phenoxy) is 2. The van der Waals surface area contributed by atoms with Gasteiger partial charge in [-0.2, -0.15) is 0 Å². The lowest BCUT2D eigenvalue weighted by molar-refractivity contribution is 0.0671. The van der Waals surface area contributed by atoms with Crippen molar-refractivity contribution >= 4 is 35.0 Å². The fraction of sp³-hybridized carbons (Fsp3) is 0.259. The van der Waals surface area contributed by atoms with Crippen molar-refractivity contribution in [2.24, 2.45) is 0 Å². The number of nitrogens with one attached hydrogen (secondary N) is 1. The summed E-state index contributed by atoms with van der Waals surface area (Å²) in [5.74, 6) is 0.579. The summed E-state index contributed by atoms with van der Waals surface area (Å²) in [7, 11) is 3.09. The molecule has 1 saturated heterocycles. The van der Waals surface area contributed by atoms with Gasteiger partial charge in [0.25, 0.3) is 11.8 Å². The van der Waals surface area contributed by atoms with Gasteiger partial charge >= 0.3 is 0 Å². The van der Waals surface area contributed by atoms with Gasteiger partial charge in [-0.25, -0.2) is 0 Å². The van der Waals surface area contributed by atoms with Gasteiger partial charge in [0.2, 0.25) is 0 Å². The van der Waals surface area contributed by atoms with Crippen molar-refractivity contribution in [1.82, 2.24) is 10.2 Å². The van der Waals surface area contributed by atoms with Gasteiger partial charge in [0.15, 0.2) is 11.5 Å². The van der Waals surface area contributed by atoms with E-state index in [1.54, 1.807) is 54.5 Å². The van der Waals surface area contributed by atoms with E-state index >= 15 is 0 Å². The van der Waals surface area contributed by atoms with Gasteiger partial charge in [0.05, 0.1) is 24.8 Å². The molecule has 0 aromatic heterocycles. The molecule has 0 saturated carbocycles. The number of carbonyl (C=O) groups excluding carboxylic acids is 2. The monoisotopic (exact) mass is 512 g/mol. The molecule has 0 aliphatic carbocycles. The Labute approximate surface area is 214 Å². The van der Waals surface area contributed by atoms with E-state index in [1.807, 2.05) is 24.3 Å². The largest absolute Gasteiger partial charge is 0.493 e. The van der Waals surface area contributed by atoms with E-state index < -0.39 is 0 Å². The summed E-state index contributed by atoms with van der Waals surface area (Å²) < 4.78 is 10.6. The average molecular weight is 513 g/mol. The zero-order chi connectivity index (χ0) is 24.9. The molecule has 8 heteroatoms. The highest BCUT2D eigenvalue weighted by Crippen LogP contribution is 2.32. The van der Waals surface area contributed by atoms with E-state index in [-0.39, 0.29) is 23.8 Å². The number of hydrogen-bond donors (Lipinski definition) is 1. The van der Waals surface area contributed by atoms with E-state index in [1.165, 1.54) is 7.11 Å². The summed E-state index contributed by atoms with van der Waals surface area (Å²) in [4.78, 5) is 28.2. The van der Waals surface area contributed by atoms with Gasteiger partial charge in [-0.15, -0.1) is 0 Å². The summed E-state index contributed by atoms with van der Waals surface area (Å²) >= 11 is 12.3. The molecule has 1 N–H and O–H groups in total. The molecule has 0 radical (unpaired) electrons. The second-order valence-electron chi connectivity index (χ2n) is 8.33. The zero-order valence-corrected chi connectivity index (χ0v) is 21.0. The number of hydrogen-bond acceptors (Lipinski definition) is 4. The summed E-state index contributed by atoms with van der Waals surface area (Å²) in [6.07, 6.45) is 0.586. The van der Waals surface area contributed by atoms with Crippen molar-refractivity contribution < 1.29 is 19.1 Å². The van der Waals surface area contributed by atoms with E-state index in [0.29, 0.717) is 52.2 Å². The number of methoxy groups -OCH3 is 2. The van der Waals surface area contributed by atoms with Gasteiger partial charge in [-0.05, 0) is 54.4 Å². The fourth-order valence-corrected chi connectivity index (χ4v) is 4.75. The number of rotatable bonds is 6. The molecule has 0 spiro atoms. The van der Waals surface area contributed by atoms with Crippen molar-refractivity contribution in [2.45, 2.75) is 18.4 Å². The normalized spacial score (nSPS) is 17.5. The number of amides is 2. The molecule has 1 aliphatic heterocycles. The maximum atomic E-state index is 13.4. The second-order valence-corrected chi connectivity index (χ2v) is 9.17. The first-order valence-electron chi connectivity index (χ1n) is 11.2. The maximum Gasteiger partial charge on any atom is 0.254 e. The number of piperidine rings is 1. The fourth-order valence-electron chi connectivity index (χ4n) is 4.40. The number of carbonyl (C=O) groups is 2. The molecule has 182 valence electrons. The highest BCUT2D eigenvalue weighted by atomic mass is 35.5. The Morgan fingerprint density at radius 3 is 2.34 bits per heavy atom. The maximum absolute atomic E-state index is 13.4. The Kier molecular flexibility index (Phi) is 7.83. The molecule has 1 aliphatic rings. The molecule has 6 nitrogen and oxygen atoms in total. The molecule has 1 fully saturated rings. The minimum Gasteiger partial charge on any atom is -0.493 e. The van der Waals surface area contributed by atoms with Crippen molar-refractivity contribution in [3.05, 3.63) is 93.5 Å². The number of halogens is 2. The third-order valence-corrected chi connectivity index (χ3v) is 6.85. The highest BCUT2D eigenvalue weighted by molar-refractivity contribution is 6.33. The number of likely N-dealkylation sites (tertiary alicyclic amines) is 1. The van der Waals surface area contributed by atoms with E-state index in [4.69, 9.17) is 32.7 Å². The van der Waals surface area contributed by atoms with Crippen LogP contribution < -0.4 is 14.8 Å². The van der Waals surface area contributed by atoms with Crippen LogP contribution >= 0.6 is 23.2 Å². The molecule has 3 aromatic rings. The van der Waals surface area contributed by atoms with Crippen LogP contribution in [-0.4, -0.2) is 50.1 Å². The Hall–Kier alpha value is -3.22. The lowest BCUT2D eigenvalue weighted by atomic mass is 9.85. The van der Waals surface area contributed by atoms with Crippen molar-refractivity contribution in [1.29, 1.82) is 0 Å². The minimum atomic E-state index is -0.237. The number of nitrogens with zero attached hydrogens (tertiary/aromatic N) is 1. The topological polar surface area (TPSA) is 67.9 Å². The molecule has 35 heavy (non-hydrogen) atoms. The Balaban J connectivity index is 1.58. The van der Waals surface area contributed by atoms with Gasteiger partial charge in [-0.3, -0.25) is 9.59 Å². The van der Waals surface area contributed by atoms with Crippen molar-refractivity contribution in [2.75, 3.05) is 27.3 Å². The summed E-state index contributed by atoms with van der Waals surface area (Å²) in [5, 5.41) is 4.16. The standard InChI is InChI=1S/C27H26Cl2N2O4/c1-34-24-12-9-18(15-25(24)35-2)27(33)31-14-13-23(21(16-31)17-7-10-19(28)11-8-17)30-26(32)20-5-3-4-6-22(20)29/h3-12,15,21,23H,13-14,16H2,1-2H3,(H,30,32)/t21-,23-/m0/s1. The van der Waals surface area contributed by atoms with E-state index in [2.05, 4.69) is 5.32 Å². The van der Waals surface area contributed by atoms with Crippen LogP contribution in [0.1, 0.15) is 38.6 Å². The lowest BCUT2D eigenvalue weighted by Crippen LogP contribution is -2.51. The summed E-state index contributed by atoms with van der Waals surface area (Å²) in [6, 6.07) is 19.4. The first kappa shape index (κ1) is 24.9. The highest BCUT2D eigenvalue weighted by Gasteiger charge is 2.34. The Morgan fingerprint density at radius 2 is 1.66 bits per heavy atom. The van der Waals surface area contributed by atoms with Crippen LogP contribution in [0.4, 0.5) is 0 Å². The molecule has 1 heterocycles. The smallest absolute Gasteiger partial charge is 0.254 e. The molecule has 0 unspecified atom stereocenters. The van der Waals surface area contributed by atoms with Crippen LogP contribution in [0, 0.1) is 0 Å². The first-order valence-corrected chi connectivity index (χ1v) is 12.0. The average Bonchev–Trinajstić information content (AvgIpc) is 2.88. The number of benzene rings is 3. The Morgan fingerprint density at radius 1 is 0.943 bits per heavy atom. The van der Waals surface area contributed by atoms with Gasteiger partial charge < -0.3 is 19.7 Å². The van der Waals surface area contributed by atoms with Crippen LogP contribution in [0.15, 0.2) is 66.7 Å². The zero-order valence-electron chi connectivity index (χ0n) is 19.5. The van der Waals surface area contributed by atoms with Crippen LogP contribution in [0.5, 0.6) is 11.5 Å². The van der Waals surface area contributed by atoms with Gasteiger partial charge in [0.1, 0.15) is 0 Å². The predicted octanol–water partition coefficient (Wildman–Crippen LogP) is 5.44. The third kappa shape index (κ3) is 5.55. The summed E-state index contributed by atoms with van der Waals surface area (Å²) in [6.45, 7) is 0.924. The van der Waals surface area contributed by atoms with Crippen LogP contribution in [0.3, 0.4) is 0 Å². The first-order chi connectivity index (χ1) is 16.9. The van der Waals surface area contributed by atoms with Gasteiger partial charge in [-0.1, -0.05) is 47.5 Å². The SMILES string of the molecule is COc1ccc(C(=O)N2CC[C@H](NC(=O)c3ccccc3Cl)[C@H](c3ccc(Cl)cc3)C2)cc1OC. The molecule has 0 bridgehead atoms. The van der Waals surface area contributed by atoms with E-state index in [0.717, 1.165) is 5.56 Å². The van der Waals surface area contributed by atoms with Crippen LogP contribution in [0.2, 0.25) is 10.0 Å². The summed E-state index contributed by atoms with van der Waals surface area (Å²) in [5.41, 5.74) is 1.92. The molecular weight excluding hydrogens is 487 g/mol. The van der Waals surface area contributed by atoms with Gasteiger partial charge in [0, 0.05) is 35.6 Å². The predicted molar refractivity (Wildman–Crippen MR) is 137 cm³/mol. The van der Waals surface area contributed by atoms with Crippen molar-refractivity contribution in [3.8, 4) is 11.5 Å². The Bertz CT molecular complexity index is 1220.